The zero-order valence-corrected chi connectivity index (χ0v) is 15.2. The minimum Gasteiger partial charge on any atom is -0.481 e. The number of nitrogens with zero attached hydrogens (tertiary/aromatic N) is 1. The number of likely N-dealkylation sites (tertiary alicyclic amines) is 1. The lowest BCUT2D eigenvalue weighted by atomic mass is 9.68. The summed E-state index contributed by atoms with van der Waals surface area (Å²) in [6.07, 6.45) is 4.80. The van der Waals surface area contributed by atoms with Crippen LogP contribution >= 0.6 is 0 Å². The molecule has 1 amide bonds. The molecule has 1 aliphatic heterocycles. The largest absolute Gasteiger partial charge is 0.481 e. The summed E-state index contributed by atoms with van der Waals surface area (Å²) in [5.41, 5.74) is -0.875. The first-order chi connectivity index (χ1) is 12.4. The Labute approximate surface area is 153 Å². The second-order valence-corrected chi connectivity index (χ2v) is 7.64. The Morgan fingerprint density at radius 2 is 1.81 bits per heavy atom. The van der Waals surface area contributed by atoms with Gasteiger partial charge in [-0.15, -0.1) is 0 Å². The van der Waals surface area contributed by atoms with Crippen molar-refractivity contribution in [3.05, 3.63) is 35.6 Å². The molecule has 1 aromatic carbocycles. The molecule has 6 heteroatoms. The van der Waals surface area contributed by atoms with Gasteiger partial charge in [0.05, 0.1) is 12.0 Å². The van der Waals surface area contributed by atoms with Crippen LogP contribution in [0.3, 0.4) is 0 Å². The van der Waals surface area contributed by atoms with E-state index in [0.29, 0.717) is 13.0 Å². The average molecular weight is 363 g/mol. The van der Waals surface area contributed by atoms with Crippen LogP contribution in [0.4, 0.5) is 4.39 Å². The molecule has 0 radical (unpaired) electrons. The van der Waals surface area contributed by atoms with Crippen molar-refractivity contribution in [2.75, 3.05) is 26.8 Å². The highest BCUT2D eigenvalue weighted by Crippen LogP contribution is 2.43. The highest BCUT2D eigenvalue weighted by molar-refractivity contribution is 5.89. The fraction of sp³-hybridized carbons (Fsp3) is 0.600. The second kappa shape index (κ2) is 7.35. The minimum atomic E-state index is -1.04. The number of amides is 1. The molecule has 1 N–H and O–H groups in total. The van der Waals surface area contributed by atoms with E-state index >= 15 is 0 Å². The van der Waals surface area contributed by atoms with Gasteiger partial charge < -0.3 is 14.7 Å². The highest BCUT2D eigenvalue weighted by Gasteiger charge is 2.51. The molecule has 3 rings (SSSR count). The summed E-state index contributed by atoms with van der Waals surface area (Å²) in [5, 5.41) is 9.66. The van der Waals surface area contributed by atoms with Crippen LogP contribution in [-0.4, -0.2) is 48.7 Å². The summed E-state index contributed by atoms with van der Waals surface area (Å²) >= 11 is 0. The average Bonchev–Trinajstić information content (AvgIpc) is 3.08. The molecule has 1 unspecified atom stereocenters. The van der Waals surface area contributed by atoms with Gasteiger partial charge in [0, 0.05) is 20.2 Å². The van der Waals surface area contributed by atoms with Gasteiger partial charge >= 0.3 is 5.97 Å². The lowest BCUT2D eigenvalue weighted by molar-refractivity contribution is -0.152. The summed E-state index contributed by atoms with van der Waals surface area (Å²) in [6.45, 7) is 0.672. The molecule has 1 aliphatic carbocycles. The Morgan fingerprint density at radius 1 is 1.15 bits per heavy atom. The molecular formula is C20H26FNO4. The number of halogens is 1. The number of benzene rings is 1. The van der Waals surface area contributed by atoms with Gasteiger partial charge in [0.2, 0.25) is 5.91 Å². The molecule has 5 nitrogen and oxygen atoms in total. The van der Waals surface area contributed by atoms with Crippen LogP contribution in [0.1, 0.15) is 44.1 Å². The Balaban J connectivity index is 1.89. The van der Waals surface area contributed by atoms with Crippen molar-refractivity contribution in [1.29, 1.82) is 0 Å². The number of ether oxygens (including phenoxy) is 1. The molecule has 0 bridgehead atoms. The number of carbonyl (C=O) groups is 2. The van der Waals surface area contributed by atoms with Gasteiger partial charge in [0.1, 0.15) is 11.2 Å². The Kier molecular flexibility index (Phi) is 5.32. The third-order valence-electron chi connectivity index (χ3n) is 6.03. The third kappa shape index (κ3) is 3.22. The molecule has 0 aromatic heterocycles. The van der Waals surface area contributed by atoms with Crippen LogP contribution in [0.15, 0.2) is 24.3 Å². The van der Waals surface area contributed by atoms with E-state index in [4.69, 9.17) is 4.74 Å². The minimum absolute atomic E-state index is 0.0250. The summed E-state index contributed by atoms with van der Waals surface area (Å²) < 4.78 is 18.5. The van der Waals surface area contributed by atoms with Crippen LogP contribution in [0, 0.1) is 11.2 Å². The molecule has 2 aliphatic rings. The van der Waals surface area contributed by atoms with Crippen molar-refractivity contribution in [1.82, 2.24) is 4.90 Å². The van der Waals surface area contributed by atoms with Gasteiger partial charge in [-0.05, 0) is 37.0 Å². The first kappa shape index (κ1) is 18.8. The predicted octanol–water partition coefficient (Wildman–Crippen LogP) is 2.98. The quantitative estimate of drug-likeness (QED) is 0.873. The fourth-order valence-electron chi connectivity index (χ4n) is 4.53. The number of hydrogen-bond donors (Lipinski definition) is 1. The van der Waals surface area contributed by atoms with E-state index in [-0.39, 0.29) is 24.9 Å². The summed E-state index contributed by atoms with van der Waals surface area (Å²) in [4.78, 5) is 27.0. The summed E-state index contributed by atoms with van der Waals surface area (Å²) in [6, 6.07) is 6.20. The van der Waals surface area contributed by atoms with E-state index in [2.05, 4.69) is 0 Å². The molecular weight excluding hydrogens is 337 g/mol. The first-order valence-corrected chi connectivity index (χ1v) is 9.21. The molecule has 142 valence electrons. The van der Waals surface area contributed by atoms with Gasteiger partial charge in [-0.2, -0.15) is 0 Å². The van der Waals surface area contributed by atoms with Gasteiger partial charge in [0.25, 0.3) is 0 Å². The number of aliphatic carboxylic acids is 1. The fourth-order valence-corrected chi connectivity index (χ4v) is 4.53. The number of methoxy groups -OCH3 is 1. The van der Waals surface area contributed by atoms with E-state index in [0.717, 1.165) is 37.7 Å². The molecule has 1 atom stereocenters. The molecule has 26 heavy (non-hydrogen) atoms. The second-order valence-electron chi connectivity index (χ2n) is 7.64. The number of hydrogen-bond acceptors (Lipinski definition) is 3. The van der Waals surface area contributed by atoms with Crippen LogP contribution in [0.25, 0.3) is 0 Å². The molecule has 1 heterocycles. The SMILES string of the molecule is COCC1(C(=O)O)CCN(C(=O)C2(c3ccc(F)cc3)CCCCC2)C1. The van der Waals surface area contributed by atoms with E-state index < -0.39 is 16.8 Å². The smallest absolute Gasteiger partial charge is 0.313 e. The lowest BCUT2D eigenvalue weighted by Gasteiger charge is -2.39. The highest BCUT2D eigenvalue weighted by atomic mass is 19.1. The van der Waals surface area contributed by atoms with Gasteiger partial charge in [-0.3, -0.25) is 9.59 Å². The molecule has 2 fully saturated rings. The normalized spacial score (nSPS) is 25.2. The number of carboxylic acid groups (broad SMARTS) is 1. The third-order valence-corrected chi connectivity index (χ3v) is 6.03. The van der Waals surface area contributed by atoms with E-state index in [1.807, 2.05) is 0 Å². The van der Waals surface area contributed by atoms with Crippen LogP contribution in [0.2, 0.25) is 0 Å². The summed E-state index contributed by atoms with van der Waals surface area (Å²) in [7, 11) is 1.48. The monoisotopic (exact) mass is 363 g/mol. The topological polar surface area (TPSA) is 66.8 Å². The number of rotatable bonds is 5. The zero-order chi connectivity index (χ0) is 18.8. The van der Waals surface area contributed by atoms with Gasteiger partial charge in [-0.25, -0.2) is 4.39 Å². The molecule has 1 aromatic rings. The van der Waals surface area contributed by atoms with Crippen molar-refractivity contribution in [3.63, 3.8) is 0 Å². The molecule has 1 saturated carbocycles. The standard InChI is InChI=1S/C20H26FNO4/c1-26-14-19(18(24)25)11-12-22(13-19)17(23)20(9-3-2-4-10-20)15-5-7-16(21)8-6-15/h5-8H,2-4,9-14H2,1H3,(H,24,25). The van der Waals surface area contributed by atoms with Crippen LogP contribution in [0.5, 0.6) is 0 Å². The van der Waals surface area contributed by atoms with Gasteiger partial charge in [0.15, 0.2) is 0 Å². The maximum atomic E-state index is 13.5. The Hall–Kier alpha value is -1.95. The van der Waals surface area contributed by atoms with E-state index in [1.54, 1.807) is 17.0 Å². The summed E-state index contributed by atoms with van der Waals surface area (Å²) in [5.74, 6) is -1.27. The van der Waals surface area contributed by atoms with Crippen molar-refractivity contribution in [2.24, 2.45) is 5.41 Å². The molecule has 0 spiro atoms. The van der Waals surface area contributed by atoms with Gasteiger partial charge in [-0.1, -0.05) is 31.4 Å². The number of carbonyl (C=O) groups excluding carboxylic acids is 1. The Bertz CT molecular complexity index is 669. The van der Waals surface area contributed by atoms with E-state index in [9.17, 15) is 19.1 Å². The lowest BCUT2D eigenvalue weighted by Crippen LogP contribution is -2.49. The van der Waals surface area contributed by atoms with Crippen LogP contribution in [-0.2, 0) is 19.7 Å². The van der Waals surface area contributed by atoms with Crippen molar-refractivity contribution < 1.29 is 23.8 Å². The maximum Gasteiger partial charge on any atom is 0.313 e. The van der Waals surface area contributed by atoms with Crippen molar-refractivity contribution in [2.45, 2.75) is 43.9 Å². The van der Waals surface area contributed by atoms with Crippen molar-refractivity contribution in [3.8, 4) is 0 Å². The number of carboxylic acids is 1. The van der Waals surface area contributed by atoms with Crippen molar-refractivity contribution >= 4 is 11.9 Å². The predicted molar refractivity (Wildman–Crippen MR) is 94.3 cm³/mol. The Morgan fingerprint density at radius 3 is 2.38 bits per heavy atom. The van der Waals surface area contributed by atoms with Crippen LogP contribution < -0.4 is 0 Å². The molecule has 1 saturated heterocycles. The first-order valence-electron chi connectivity index (χ1n) is 9.21. The zero-order valence-electron chi connectivity index (χ0n) is 15.2. The maximum absolute atomic E-state index is 13.5. The van der Waals surface area contributed by atoms with E-state index in [1.165, 1.54) is 19.2 Å².